The number of alkyl halides is 1. The van der Waals surface area contributed by atoms with Crippen LogP contribution in [0, 0.1) is 0 Å². The number of hydrogen-bond acceptors (Lipinski definition) is 2. The van der Waals surface area contributed by atoms with Crippen LogP contribution in [0.25, 0.3) is 0 Å². The first-order valence-corrected chi connectivity index (χ1v) is 5.02. The molecule has 1 aromatic carbocycles. The van der Waals surface area contributed by atoms with Crippen molar-refractivity contribution in [3.63, 3.8) is 0 Å². The zero-order valence-corrected chi connectivity index (χ0v) is 9.20. The molecule has 0 amide bonds. The fourth-order valence-electron chi connectivity index (χ4n) is 0.831. The number of aliphatic hydroxyl groups excluding tert-OH is 1. The Morgan fingerprint density at radius 1 is 1.36 bits per heavy atom. The van der Waals surface area contributed by atoms with Gasteiger partial charge in [-0.1, -0.05) is 35.3 Å². The minimum absolute atomic E-state index is 0.606. The van der Waals surface area contributed by atoms with Crippen LogP contribution in [0.1, 0.15) is 12.5 Å². The lowest BCUT2D eigenvalue weighted by molar-refractivity contribution is 0.191. The molecule has 1 aromatic rings. The van der Waals surface area contributed by atoms with Gasteiger partial charge in [-0.3, -0.25) is 4.99 Å². The summed E-state index contributed by atoms with van der Waals surface area (Å²) in [4.78, 5) is 3.97. The molecule has 0 radical (unpaired) electrons. The molecule has 0 spiro atoms. The molecule has 4 heteroatoms. The molecule has 2 atom stereocenters. The molecular weight excluding hydrogens is 221 g/mol. The Morgan fingerprint density at radius 3 is 2.43 bits per heavy atom. The lowest BCUT2D eigenvalue weighted by atomic mass is 10.2. The van der Waals surface area contributed by atoms with Gasteiger partial charge in [0.05, 0.1) is 6.10 Å². The van der Waals surface area contributed by atoms with Gasteiger partial charge in [-0.05, 0) is 24.6 Å². The minimum Gasteiger partial charge on any atom is -0.390 e. The normalized spacial score (nSPS) is 15.7. The molecule has 0 heterocycles. The smallest absolute Gasteiger partial charge is 0.149 e. The maximum Gasteiger partial charge on any atom is 0.149 e. The summed E-state index contributed by atoms with van der Waals surface area (Å²) in [7, 11) is 0. The number of benzene rings is 1. The van der Waals surface area contributed by atoms with Crippen molar-refractivity contribution >= 4 is 29.4 Å². The van der Waals surface area contributed by atoms with Crippen molar-refractivity contribution in [3.05, 3.63) is 34.9 Å². The van der Waals surface area contributed by atoms with Crippen molar-refractivity contribution in [3.8, 4) is 0 Å². The first kappa shape index (κ1) is 11.5. The van der Waals surface area contributed by atoms with E-state index in [2.05, 4.69) is 4.99 Å². The molecule has 0 saturated heterocycles. The van der Waals surface area contributed by atoms with E-state index >= 15 is 0 Å². The fourth-order valence-corrected chi connectivity index (χ4v) is 1.01. The van der Waals surface area contributed by atoms with Crippen LogP contribution in [0.15, 0.2) is 29.3 Å². The highest BCUT2D eigenvalue weighted by atomic mass is 35.5. The Morgan fingerprint density at radius 2 is 1.93 bits per heavy atom. The van der Waals surface area contributed by atoms with E-state index in [1.54, 1.807) is 25.3 Å². The van der Waals surface area contributed by atoms with E-state index in [0.717, 1.165) is 5.56 Å². The fraction of sp³-hybridized carbons (Fsp3) is 0.300. The molecule has 0 fully saturated rings. The van der Waals surface area contributed by atoms with Crippen molar-refractivity contribution in [2.75, 3.05) is 0 Å². The molecule has 0 aliphatic heterocycles. The quantitative estimate of drug-likeness (QED) is 0.485. The van der Waals surface area contributed by atoms with Crippen molar-refractivity contribution in [1.82, 2.24) is 0 Å². The van der Waals surface area contributed by atoms with E-state index in [4.69, 9.17) is 28.3 Å². The highest BCUT2D eigenvalue weighted by molar-refractivity contribution is 6.30. The molecule has 0 aromatic heterocycles. The summed E-state index contributed by atoms with van der Waals surface area (Å²) < 4.78 is 0. The van der Waals surface area contributed by atoms with Gasteiger partial charge >= 0.3 is 0 Å². The summed E-state index contributed by atoms with van der Waals surface area (Å²) in [6, 6.07) is 7.21. The van der Waals surface area contributed by atoms with E-state index < -0.39 is 11.6 Å². The van der Waals surface area contributed by atoms with Gasteiger partial charge in [0, 0.05) is 11.2 Å². The predicted octanol–water partition coefficient (Wildman–Crippen LogP) is 2.70. The standard InChI is InChI=1S/C10H11Cl2NO/c1-7(14)10(12)13-6-8-2-4-9(11)5-3-8/h2-7,10,14H,1H3/t7?,10-/m1/s1. The van der Waals surface area contributed by atoms with Crippen LogP contribution in [0.3, 0.4) is 0 Å². The molecule has 2 nitrogen and oxygen atoms in total. The Bertz CT molecular complexity index is 308. The number of nitrogens with zero attached hydrogens (tertiary/aromatic N) is 1. The lowest BCUT2D eigenvalue weighted by Gasteiger charge is -2.05. The van der Waals surface area contributed by atoms with Crippen molar-refractivity contribution in [1.29, 1.82) is 0 Å². The molecule has 1 unspecified atom stereocenters. The van der Waals surface area contributed by atoms with Crippen LogP contribution < -0.4 is 0 Å². The Balaban J connectivity index is 2.64. The molecule has 76 valence electrons. The number of aliphatic hydroxyl groups is 1. The maximum atomic E-state index is 9.08. The van der Waals surface area contributed by atoms with Crippen LogP contribution in [0.5, 0.6) is 0 Å². The summed E-state index contributed by atoms with van der Waals surface area (Å²) in [6.45, 7) is 1.59. The van der Waals surface area contributed by atoms with Crippen LogP contribution in [0.4, 0.5) is 0 Å². The zero-order valence-electron chi connectivity index (χ0n) is 7.69. The molecule has 0 bridgehead atoms. The third kappa shape index (κ3) is 3.66. The number of rotatable bonds is 3. The molecule has 0 saturated carbocycles. The second kappa shape index (κ2) is 5.35. The Labute approximate surface area is 93.2 Å². The largest absolute Gasteiger partial charge is 0.390 e. The van der Waals surface area contributed by atoms with Gasteiger partial charge < -0.3 is 5.11 Å². The molecule has 1 rings (SSSR count). The summed E-state index contributed by atoms with van der Waals surface area (Å²) in [5.74, 6) is 0. The average Bonchev–Trinajstić information content (AvgIpc) is 2.16. The highest BCUT2D eigenvalue weighted by Crippen LogP contribution is 2.09. The zero-order chi connectivity index (χ0) is 10.6. The second-order valence-electron chi connectivity index (χ2n) is 2.94. The SMILES string of the molecule is CC(O)[C@H](Cl)N=Cc1ccc(Cl)cc1. The van der Waals surface area contributed by atoms with E-state index in [1.807, 2.05) is 12.1 Å². The van der Waals surface area contributed by atoms with E-state index in [0.29, 0.717) is 5.02 Å². The highest BCUT2D eigenvalue weighted by Gasteiger charge is 2.06. The third-order valence-corrected chi connectivity index (χ3v) is 2.36. The van der Waals surface area contributed by atoms with Gasteiger partial charge in [0.1, 0.15) is 5.50 Å². The van der Waals surface area contributed by atoms with Crippen molar-refractivity contribution in [2.24, 2.45) is 4.99 Å². The van der Waals surface area contributed by atoms with Crippen molar-refractivity contribution < 1.29 is 5.11 Å². The Hall–Kier alpha value is -0.570. The van der Waals surface area contributed by atoms with Gasteiger partial charge in [0.2, 0.25) is 0 Å². The minimum atomic E-state index is -0.653. The van der Waals surface area contributed by atoms with Gasteiger partial charge in [-0.25, -0.2) is 0 Å². The van der Waals surface area contributed by atoms with E-state index in [1.165, 1.54) is 0 Å². The van der Waals surface area contributed by atoms with Gasteiger partial charge in [-0.15, -0.1) is 0 Å². The number of hydrogen-bond donors (Lipinski definition) is 1. The maximum absolute atomic E-state index is 9.08. The summed E-state index contributed by atoms with van der Waals surface area (Å²) in [6.07, 6.45) is 0.959. The van der Waals surface area contributed by atoms with Gasteiger partial charge in [0.15, 0.2) is 0 Å². The summed E-state index contributed by atoms with van der Waals surface area (Å²) in [5.41, 5.74) is 0.298. The monoisotopic (exact) mass is 231 g/mol. The Kier molecular flexibility index (Phi) is 4.39. The van der Waals surface area contributed by atoms with Crippen LogP contribution in [0.2, 0.25) is 5.02 Å². The predicted molar refractivity (Wildman–Crippen MR) is 60.4 cm³/mol. The number of halogens is 2. The first-order valence-electron chi connectivity index (χ1n) is 4.20. The lowest BCUT2D eigenvalue weighted by Crippen LogP contribution is -2.13. The van der Waals surface area contributed by atoms with Crippen LogP contribution >= 0.6 is 23.2 Å². The molecule has 0 aliphatic carbocycles. The van der Waals surface area contributed by atoms with E-state index in [9.17, 15) is 0 Å². The van der Waals surface area contributed by atoms with E-state index in [-0.39, 0.29) is 0 Å². The molecule has 1 N–H and O–H groups in total. The second-order valence-corrected chi connectivity index (χ2v) is 3.83. The van der Waals surface area contributed by atoms with Crippen LogP contribution in [-0.2, 0) is 0 Å². The number of aliphatic imine (C=N–C) groups is 1. The first-order chi connectivity index (χ1) is 6.59. The van der Waals surface area contributed by atoms with Gasteiger partial charge in [0.25, 0.3) is 0 Å². The summed E-state index contributed by atoms with van der Waals surface area (Å²) >= 11 is 11.4. The molecule has 14 heavy (non-hydrogen) atoms. The van der Waals surface area contributed by atoms with Crippen molar-refractivity contribution in [2.45, 2.75) is 18.5 Å². The third-order valence-electron chi connectivity index (χ3n) is 1.63. The van der Waals surface area contributed by atoms with Crippen LogP contribution in [-0.4, -0.2) is 22.9 Å². The molecular formula is C10H11Cl2NO. The van der Waals surface area contributed by atoms with Gasteiger partial charge in [-0.2, -0.15) is 0 Å². The molecule has 0 aliphatic rings. The summed E-state index contributed by atoms with van der Waals surface area (Å²) in [5, 5.41) is 9.76. The topological polar surface area (TPSA) is 32.6 Å². The average molecular weight is 232 g/mol.